The zero-order valence-corrected chi connectivity index (χ0v) is 15.0. The Morgan fingerprint density at radius 3 is 2.25 bits per heavy atom. The highest BCUT2D eigenvalue weighted by Gasteiger charge is 2.23. The van der Waals surface area contributed by atoms with E-state index in [-0.39, 0.29) is 17.9 Å². The van der Waals surface area contributed by atoms with Gasteiger partial charge in [-0.1, -0.05) is 38.1 Å². The zero-order chi connectivity index (χ0) is 17.4. The molecule has 0 unspecified atom stereocenters. The first-order chi connectivity index (χ1) is 11.6. The van der Waals surface area contributed by atoms with Crippen LogP contribution >= 0.6 is 0 Å². The van der Waals surface area contributed by atoms with Gasteiger partial charge in [0.05, 0.1) is 0 Å². The minimum Gasteiger partial charge on any atom is -0.353 e. The molecule has 0 saturated carbocycles. The smallest absolute Gasteiger partial charge is 0.222 e. The largest absolute Gasteiger partial charge is 0.353 e. The summed E-state index contributed by atoms with van der Waals surface area (Å²) in [6, 6.07) is 8.71. The van der Waals surface area contributed by atoms with E-state index in [9.17, 15) is 9.59 Å². The van der Waals surface area contributed by atoms with Crippen LogP contribution in [0.25, 0.3) is 0 Å². The molecule has 1 heterocycles. The highest BCUT2D eigenvalue weighted by Crippen LogP contribution is 2.13. The summed E-state index contributed by atoms with van der Waals surface area (Å²) in [7, 11) is 0. The summed E-state index contributed by atoms with van der Waals surface area (Å²) in [5.74, 6) is 0.366. The lowest BCUT2D eigenvalue weighted by molar-refractivity contribution is -0.132. The standard InChI is InChI=1S/C20H30N2O2/c1-3-5-20(24)22-14-12-18(13-15-22)21-19(23)11-10-17-8-6-16(4-2)7-9-17/h6-9,18H,3-5,10-15H2,1-2H3,(H,21,23). The highest BCUT2D eigenvalue weighted by molar-refractivity contribution is 5.77. The maximum Gasteiger partial charge on any atom is 0.222 e. The van der Waals surface area contributed by atoms with Crippen molar-refractivity contribution in [3.05, 3.63) is 35.4 Å². The van der Waals surface area contributed by atoms with E-state index in [1.807, 2.05) is 11.8 Å². The number of piperidine rings is 1. The molecular weight excluding hydrogens is 300 g/mol. The maximum absolute atomic E-state index is 12.1. The minimum atomic E-state index is 0.118. The molecule has 1 aromatic rings. The Labute approximate surface area is 145 Å². The van der Waals surface area contributed by atoms with Gasteiger partial charge >= 0.3 is 0 Å². The molecule has 0 spiro atoms. The van der Waals surface area contributed by atoms with Crippen molar-refractivity contribution in [1.29, 1.82) is 0 Å². The highest BCUT2D eigenvalue weighted by atomic mass is 16.2. The lowest BCUT2D eigenvalue weighted by atomic mass is 10.0. The van der Waals surface area contributed by atoms with Crippen molar-refractivity contribution < 1.29 is 9.59 Å². The molecule has 0 radical (unpaired) electrons. The fourth-order valence-electron chi connectivity index (χ4n) is 3.14. The fraction of sp³-hybridized carbons (Fsp3) is 0.600. The first-order valence-corrected chi connectivity index (χ1v) is 9.27. The summed E-state index contributed by atoms with van der Waals surface area (Å²) >= 11 is 0. The van der Waals surface area contributed by atoms with E-state index < -0.39 is 0 Å². The number of likely N-dealkylation sites (tertiary alicyclic amines) is 1. The number of hydrogen-bond acceptors (Lipinski definition) is 2. The summed E-state index contributed by atoms with van der Waals surface area (Å²) in [5.41, 5.74) is 2.54. The SMILES string of the molecule is CCCC(=O)N1CCC(NC(=O)CCc2ccc(CC)cc2)CC1. The fourth-order valence-corrected chi connectivity index (χ4v) is 3.14. The van der Waals surface area contributed by atoms with E-state index in [0.29, 0.717) is 12.8 Å². The molecule has 0 bridgehead atoms. The summed E-state index contributed by atoms with van der Waals surface area (Å²) < 4.78 is 0. The third kappa shape index (κ3) is 5.66. The lowest BCUT2D eigenvalue weighted by Crippen LogP contribution is -2.46. The Balaban J connectivity index is 1.68. The number of nitrogens with one attached hydrogen (secondary N) is 1. The van der Waals surface area contributed by atoms with Gasteiger partial charge in [-0.15, -0.1) is 0 Å². The second kappa shape index (κ2) is 9.45. The van der Waals surface area contributed by atoms with Crippen molar-refractivity contribution in [2.24, 2.45) is 0 Å². The maximum atomic E-state index is 12.1. The van der Waals surface area contributed by atoms with Gasteiger partial charge in [-0.25, -0.2) is 0 Å². The quantitative estimate of drug-likeness (QED) is 0.835. The van der Waals surface area contributed by atoms with Gasteiger partial charge in [0.1, 0.15) is 0 Å². The molecule has 0 atom stereocenters. The molecule has 1 aliphatic rings. The average molecular weight is 330 g/mol. The molecule has 0 aliphatic carbocycles. The molecule has 4 heteroatoms. The molecule has 2 amide bonds. The zero-order valence-electron chi connectivity index (χ0n) is 15.0. The van der Waals surface area contributed by atoms with E-state index in [1.54, 1.807) is 0 Å². The molecule has 1 saturated heterocycles. The van der Waals surface area contributed by atoms with E-state index in [4.69, 9.17) is 0 Å². The van der Waals surface area contributed by atoms with Gasteiger partial charge in [0, 0.05) is 32.0 Å². The van der Waals surface area contributed by atoms with Crippen molar-refractivity contribution >= 4 is 11.8 Å². The van der Waals surface area contributed by atoms with E-state index in [2.05, 4.69) is 36.5 Å². The predicted octanol–water partition coefficient (Wildman–Crippen LogP) is 3.09. The molecule has 4 nitrogen and oxygen atoms in total. The van der Waals surface area contributed by atoms with Crippen LogP contribution in [-0.2, 0) is 22.4 Å². The van der Waals surface area contributed by atoms with Crippen LogP contribution in [0.3, 0.4) is 0 Å². The van der Waals surface area contributed by atoms with Crippen LogP contribution in [0.4, 0.5) is 0 Å². The number of amides is 2. The van der Waals surface area contributed by atoms with Crippen LogP contribution in [-0.4, -0.2) is 35.8 Å². The third-order valence-corrected chi connectivity index (χ3v) is 4.75. The normalized spacial score (nSPS) is 15.3. The Morgan fingerprint density at radius 2 is 1.67 bits per heavy atom. The minimum absolute atomic E-state index is 0.118. The predicted molar refractivity (Wildman–Crippen MR) is 96.8 cm³/mol. The average Bonchev–Trinajstić information content (AvgIpc) is 2.61. The molecule has 1 aromatic carbocycles. The van der Waals surface area contributed by atoms with Crippen LogP contribution in [0.5, 0.6) is 0 Å². The van der Waals surface area contributed by atoms with Gasteiger partial charge in [0.25, 0.3) is 0 Å². The molecule has 132 valence electrons. The number of carbonyl (C=O) groups is 2. The van der Waals surface area contributed by atoms with Crippen molar-refractivity contribution in [2.45, 2.75) is 64.8 Å². The second-order valence-electron chi connectivity index (χ2n) is 6.64. The van der Waals surface area contributed by atoms with E-state index in [0.717, 1.165) is 45.2 Å². The monoisotopic (exact) mass is 330 g/mol. The van der Waals surface area contributed by atoms with Gasteiger partial charge in [-0.2, -0.15) is 0 Å². The van der Waals surface area contributed by atoms with E-state index >= 15 is 0 Å². The third-order valence-electron chi connectivity index (χ3n) is 4.75. The summed E-state index contributed by atoms with van der Waals surface area (Å²) in [6.07, 6.45) is 5.62. The van der Waals surface area contributed by atoms with Gasteiger partial charge in [0.15, 0.2) is 0 Å². The van der Waals surface area contributed by atoms with Gasteiger partial charge in [0.2, 0.25) is 11.8 Å². The Bertz CT molecular complexity index is 531. The Kier molecular flexibility index (Phi) is 7.29. The van der Waals surface area contributed by atoms with Crippen molar-refractivity contribution in [3.63, 3.8) is 0 Å². The van der Waals surface area contributed by atoms with Crippen LogP contribution in [0, 0.1) is 0 Å². The van der Waals surface area contributed by atoms with Crippen LogP contribution in [0.1, 0.15) is 57.1 Å². The molecular formula is C20H30N2O2. The molecule has 0 aromatic heterocycles. The Hall–Kier alpha value is -1.84. The molecule has 24 heavy (non-hydrogen) atoms. The first-order valence-electron chi connectivity index (χ1n) is 9.27. The molecule has 1 aliphatic heterocycles. The van der Waals surface area contributed by atoms with E-state index in [1.165, 1.54) is 11.1 Å². The lowest BCUT2D eigenvalue weighted by Gasteiger charge is -2.32. The van der Waals surface area contributed by atoms with Crippen molar-refractivity contribution in [1.82, 2.24) is 10.2 Å². The van der Waals surface area contributed by atoms with Crippen LogP contribution in [0.2, 0.25) is 0 Å². The number of hydrogen-bond donors (Lipinski definition) is 1. The van der Waals surface area contributed by atoms with Crippen LogP contribution in [0.15, 0.2) is 24.3 Å². The number of nitrogens with zero attached hydrogens (tertiary/aromatic N) is 1. The van der Waals surface area contributed by atoms with Crippen molar-refractivity contribution in [2.75, 3.05) is 13.1 Å². The van der Waals surface area contributed by atoms with Gasteiger partial charge in [-0.3, -0.25) is 9.59 Å². The number of benzene rings is 1. The molecule has 1 N–H and O–H groups in total. The topological polar surface area (TPSA) is 49.4 Å². The Morgan fingerprint density at radius 1 is 1.04 bits per heavy atom. The number of aryl methyl sites for hydroxylation is 2. The van der Waals surface area contributed by atoms with Crippen molar-refractivity contribution in [3.8, 4) is 0 Å². The summed E-state index contributed by atoms with van der Waals surface area (Å²) in [4.78, 5) is 25.9. The molecule has 2 rings (SSSR count). The van der Waals surface area contributed by atoms with Crippen LogP contribution < -0.4 is 5.32 Å². The second-order valence-corrected chi connectivity index (χ2v) is 6.64. The van der Waals surface area contributed by atoms with Gasteiger partial charge in [-0.05, 0) is 43.2 Å². The summed E-state index contributed by atoms with van der Waals surface area (Å²) in [5, 5.41) is 3.13. The summed E-state index contributed by atoms with van der Waals surface area (Å²) in [6.45, 7) is 5.70. The number of rotatable bonds is 7. The number of carbonyl (C=O) groups excluding carboxylic acids is 2. The van der Waals surface area contributed by atoms with Gasteiger partial charge < -0.3 is 10.2 Å². The first kappa shape index (κ1) is 18.5. The molecule has 1 fully saturated rings.